The van der Waals surface area contributed by atoms with Crippen molar-refractivity contribution in [2.45, 2.75) is 39.2 Å². The number of anilines is 2. The first-order valence-corrected chi connectivity index (χ1v) is 9.53. The van der Waals surface area contributed by atoms with E-state index in [-0.39, 0.29) is 11.9 Å². The summed E-state index contributed by atoms with van der Waals surface area (Å²) in [4.78, 5) is 24.4. The number of piperidine rings is 1. The highest BCUT2D eigenvalue weighted by molar-refractivity contribution is 6.07. The third-order valence-electron chi connectivity index (χ3n) is 5.21. The van der Waals surface area contributed by atoms with Crippen molar-refractivity contribution in [3.05, 3.63) is 59.9 Å². The van der Waals surface area contributed by atoms with E-state index in [0.717, 1.165) is 41.8 Å². The molecule has 0 aliphatic carbocycles. The fraction of sp³-hybridized carbons (Fsp3) is 0.318. The minimum Gasteiger partial charge on any atom is -0.354 e. The lowest BCUT2D eigenvalue weighted by Gasteiger charge is -2.34. The van der Waals surface area contributed by atoms with E-state index in [9.17, 15) is 4.79 Å². The second-order valence-corrected chi connectivity index (χ2v) is 7.21. The lowest BCUT2D eigenvalue weighted by molar-refractivity contribution is 0.0636. The number of nitrogens with zero attached hydrogens (tertiary/aromatic N) is 3. The normalized spacial score (nSPS) is 17.1. The number of rotatable bonds is 3. The number of carbonyl (C=O) groups excluding carboxylic acids is 1. The largest absolute Gasteiger partial charge is 0.354 e. The zero-order valence-corrected chi connectivity index (χ0v) is 15.8. The summed E-state index contributed by atoms with van der Waals surface area (Å²) in [7, 11) is 0. The molecule has 3 heterocycles. The molecule has 138 valence electrons. The van der Waals surface area contributed by atoms with Crippen LogP contribution in [0.1, 0.15) is 42.2 Å². The maximum atomic E-state index is 13.4. The maximum Gasteiger partial charge on any atom is 0.257 e. The van der Waals surface area contributed by atoms with Crippen molar-refractivity contribution in [1.82, 2.24) is 14.9 Å². The number of pyridine rings is 2. The topological polar surface area (TPSA) is 58.1 Å². The average molecular weight is 360 g/mol. The van der Waals surface area contributed by atoms with Crippen LogP contribution in [0.25, 0.3) is 11.0 Å². The Balaban J connectivity index is 1.82. The van der Waals surface area contributed by atoms with Gasteiger partial charge in [0.25, 0.3) is 5.91 Å². The molecule has 5 heteroatoms. The smallest absolute Gasteiger partial charge is 0.257 e. The lowest BCUT2D eigenvalue weighted by atomic mass is 10.0. The quantitative estimate of drug-likeness (QED) is 0.736. The van der Waals surface area contributed by atoms with E-state index < -0.39 is 0 Å². The van der Waals surface area contributed by atoms with Crippen LogP contribution in [0.3, 0.4) is 0 Å². The molecule has 0 bridgehead atoms. The zero-order chi connectivity index (χ0) is 18.8. The van der Waals surface area contributed by atoms with Crippen LogP contribution in [-0.4, -0.2) is 33.4 Å². The van der Waals surface area contributed by atoms with Gasteiger partial charge < -0.3 is 10.2 Å². The Morgan fingerprint density at radius 1 is 1.15 bits per heavy atom. The summed E-state index contributed by atoms with van der Waals surface area (Å²) >= 11 is 0. The van der Waals surface area contributed by atoms with Gasteiger partial charge in [-0.05, 0) is 57.4 Å². The number of nitrogens with one attached hydrogen (secondary N) is 1. The van der Waals surface area contributed by atoms with Gasteiger partial charge in [-0.1, -0.05) is 18.2 Å². The number of amides is 1. The van der Waals surface area contributed by atoms with Crippen LogP contribution in [0.2, 0.25) is 0 Å². The van der Waals surface area contributed by atoms with Gasteiger partial charge in [0.1, 0.15) is 0 Å². The van der Waals surface area contributed by atoms with Crippen LogP contribution in [0.15, 0.2) is 48.7 Å². The Morgan fingerprint density at radius 2 is 1.96 bits per heavy atom. The highest BCUT2D eigenvalue weighted by Crippen LogP contribution is 2.31. The number of aryl methyl sites for hydroxylation is 1. The molecule has 1 aliphatic rings. The second-order valence-electron chi connectivity index (χ2n) is 7.21. The van der Waals surface area contributed by atoms with E-state index in [4.69, 9.17) is 0 Å². The van der Waals surface area contributed by atoms with E-state index in [2.05, 4.69) is 22.2 Å². The summed E-state index contributed by atoms with van der Waals surface area (Å²) in [6.45, 7) is 4.87. The van der Waals surface area contributed by atoms with Crippen molar-refractivity contribution >= 4 is 28.3 Å². The van der Waals surface area contributed by atoms with Gasteiger partial charge in [-0.25, -0.2) is 9.97 Å². The number of fused-ring (bicyclic) bond motifs is 1. The molecular formula is C22H24N4O. The van der Waals surface area contributed by atoms with Crippen LogP contribution < -0.4 is 5.32 Å². The number of likely N-dealkylation sites (tertiary alicyclic amines) is 1. The average Bonchev–Trinajstić information content (AvgIpc) is 2.68. The Kier molecular flexibility index (Phi) is 4.75. The van der Waals surface area contributed by atoms with Gasteiger partial charge in [0.15, 0.2) is 5.65 Å². The Morgan fingerprint density at radius 3 is 2.74 bits per heavy atom. The molecule has 3 aromatic rings. The molecule has 4 rings (SSSR count). The minimum absolute atomic E-state index is 0.0376. The fourth-order valence-corrected chi connectivity index (χ4v) is 3.69. The first-order chi connectivity index (χ1) is 13.1. The highest BCUT2D eigenvalue weighted by atomic mass is 16.2. The number of benzene rings is 1. The zero-order valence-electron chi connectivity index (χ0n) is 15.8. The minimum atomic E-state index is 0.0376. The van der Waals surface area contributed by atoms with Gasteiger partial charge in [0, 0.05) is 35.6 Å². The van der Waals surface area contributed by atoms with E-state index >= 15 is 0 Å². The molecule has 1 aliphatic heterocycles. The lowest BCUT2D eigenvalue weighted by Crippen LogP contribution is -2.42. The molecule has 1 aromatic carbocycles. The van der Waals surface area contributed by atoms with Crippen LogP contribution in [0.4, 0.5) is 11.4 Å². The van der Waals surface area contributed by atoms with Crippen molar-refractivity contribution in [2.24, 2.45) is 0 Å². The molecule has 27 heavy (non-hydrogen) atoms. The number of hydrogen-bond donors (Lipinski definition) is 1. The Hall–Kier alpha value is -2.95. The number of para-hydroxylation sites is 1. The van der Waals surface area contributed by atoms with Gasteiger partial charge in [0.2, 0.25) is 0 Å². The standard InChI is InChI=1S/C22H24N4O/c1-15-11-12-18-20(25-17-9-4-3-5-10-17)19(14-23-21(18)24-15)22(27)26-13-7-6-8-16(26)2/h3-5,9-12,14,16H,6-8,13H2,1-2H3,(H,23,24,25)/t16-/m0/s1. The molecule has 1 atom stereocenters. The van der Waals surface area contributed by atoms with E-state index in [1.54, 1.807) is 6.20 Å². The SMILES string of the molecule is Cc1ccc2c(Nc3ccccc3)c(C(=O)N3CCCC[C@@H]3C)cnc2n1. The molecule has 0 radical (unpaired) electrons. The monoisotopic (exact) mass is 360 g/mol. The molecule has 2 aromatic heterocycles. The van der Waals surface area contributed by atoms with Gasteiger partial charge in [0.05, 0.1) is 11.3 Å². The van der Waals surface area contributed by atoms with Crippen LogP contribution in [0.5, 0.6) is 0 Å². The second kappa shape index (κ2) is 7.35. The van der Waals surface area contributed by atoms with Gasteiger partial charge in [-0.3, -0.25) is 4.79 Å². The molecule has 0 saturated carbocycles. The fourth-order valence-electron chi connectivity index (χ4n) is 3.69. The third-order valence-corrected chi connectivity index (χ3v) is 5.21. The molecule has 5 nitrogen and oxygen atoms in total. The summed E-state index contributed by atoms with van der Waals surface area (Å²) < 4.78 is 0. The summed E-state index contributed by atoms with van der Waals surface area (Å²) in [5.41, 5.74) is 3.87. The number of carbonyl (C=O) groups is 1. The van der Waals surface area contributed by atoms with Gasteiger partial charge in [-0.15, -0.1) is 0 Å². The molecule has 0 unspecified atom stereocenters. The highest BCUT2D eigenvalue weighted by Gasteiger charge is 2.27. The Bertz CT molecular complexity index is 971. The van der Waals surface area contributed by atoms with E-state index in [1.807, 2.05) is 54.3 Å². The van der Waals surface area contributed by atoms with Crippen LogP contribution in [0, 0.1) is 6.92 Å². The molecule has 1 fully saturated rings. The van der Waals surface area contributed by atoms with Crippen molar-refractivity contribution < 1.29 is 4.79 Å². The van der Waals surface area contributed by atoms with E-state index in [1.165, 1.54) is 6.42 Å². The molecular weight excluding hydrogens is 336 g/mol. The molecule has 1 N–H and O–H groups in total. The van der Waals surface area contributed by atoms with Crippen molar-refractivity contribution in [2.75, 3.05) is 11.9 Å². The molecule has 1 amide bonds. The molecule has 1 saturated heterocycles. The third kappa shape index (κ3) is 3.50. The van der Waals surface area contributed by atoms with Gasteiger partial charge >= 0.3 is 0 Å². The Labute approximate surface area is 159 Å². The van der Waals surface area contributed by atoms with Crippen LogP contribution >= 0.6 is 0 Å². The number of aromatic nitrogens is 2. The number of hydrogen-bond acceptors (Lipinski definition) is 4. The van der Waals surface area contributed by atoms with Crippen molar-refractivity contribution in [3.63, 3.8) is 0 Å². The predicted molar refractivity (Wildman–Crippen MR) is 108 cm³/mol. The van der Waals surface area contributed by atoms with Crippen molar-refractivity contribution in [3.8, 4) is 0 Å². The van der Waals surface area contributed by atoms with E-state index in [0.29, 0.717) is 11.2 Å². The summed E-state index contributed by atoms with van der Waals surface area (Å²) in [6, 6.07) is 14.1. The maximum absolute atomic E-state index is 13.4. The summed E-state index contributed by atoms with van der Waals surface area (Å²) in [6.07, 6.45) is 4.96. The molecule has 0 spiro atoms. The first kappa shape index (κ1) is 17.5. The van der Waals surface area contributed by atoms with Gasteiger partial charge in [-0.2, -0.15) is 0 Å². The predicted octanol–water partition coefficient (Wildman–Crippen LogP) is 4.70. The van der Waals surface area contributed by atoms with Crippen molar-refractivity contribution in [1.29, 1.82) is 0 Å². The summed E-state index contributed by atoms with van der Waals surface area (Å²) in [5.74, 6) is 0.0376. The first-order valence-electron chi connectivity index (χ1n) is 9.53. The summed E-state index contributed by atoms with van der Waals surface area (Å²) in [5, 5.41) is 4.30. The van der Waals surface area contributed by atoms with Crippen LogP contribution in [-0.2, 0) is 0 Å².